The Hall–Kier alpha value is -1.49. The first-order valence-corrected chi connectivity index (χ1v) is 6.36. The highest BCUT2D eigenvalue weighted by Crippen LogP contribution is 2.44. The molecule has 2 N–H and O–H groups in total. The zero-order valence-electron chi connectivity index (χ0n) is 10.6. The average Bonchev–Trinajstić information content (AvgIpc) is 3.18. The van der Waals surface area contributed by atoms with Gasteiger partial charge in [0.2, 0.25) is 5.91 Å². The minimum absolute atomic E-state index is 0.0937. The van der Waals surface area contributed by atoms with Crippen LogP contribution in [0.2, 0.25) is 0 Å². The number of aliphatic hydroxyl groups is 1. The first kappa shape index (κ1) is 13.9. The van der Waals surface area contributed by atoms with Crippen LogP contribution < -0.4 is 5.32 Å². The van der Waals surface area contributed by atoms with Gasteiger partial charge in [-0.15, -0.1) is 0 Å². The molecular formula is C14H17F2NO2. The number of carbonyl (C=O) groups is 1. The van der Waals surface area contributed by atoms with Crippen LogP contribution in [-0.4, -0.2) is 24.2 Å². The van der Waals surface area contributed by atoms with Gasteiger partial charge in [0.05, 0.1) is 6.61 Å². The fourth-order valence-corrected chi connectivity index (χ4v) is 1.90. The summed E-state index contributed by atoms with van der Waals surface area (Å²) in [4.78, 5) is 11.6. The fraction of sp³-hybridized carbons (Fsp3) is 0.500. The predicted octanol–water partition coefficient (Wildman–Crippen LogP) is 1.79. The summed E-state index contributed by atoms with van der Waals surface area (Å²) in [5, 5.41) is 11.9. The number of halogens is 2. The molecule has 1 aliphatic rings. The third-order valence-corrected chi connectivity index (χ3v) is 3.58. The molecule has 0 spiro atoms. The Morgan fingerprint density at radius 2 is 2.05 bits per heavy atom. The van der Waals surface area contributed by atoms with E-state index in [1.165, 1.54) is 6.07 Å². The molecule has 0 aromatic heterocycles. The molecule has 0 atom stereocenters. The van der Waals surface area contributed by atoms with Crippen molar-refractivity contribution >= 4 is 5.91 Å². The standard InChI is InChI=1S/C14H17F2NO2/c15-11-3-1-10(7-12(11)16)2-4-13(19)17-8-14(9-18)5-6-14/h1,3,7,18H,2,4-6,8-9H2,(H,17,19). The minimum atomic E-state index is -0.893. The summed E-state index contributed by atoms with van der Waals surface area (Å²) in [5.41, 5.74) is 0.481. The van der Waals surface area contributed by atoms with E-state index >= 15 is 0 Å². The number of benzene rings is 1. The van der Waals surface area contributed by atoms with Crippen LogP contribution >= 0.6 is 0 Å². The molecule has 0 aliphatic heterocycles. The number of hydrogen-bond donors (Lipinski definition) is 2. The third-order valence-electron chi connectivity index (χ3n) is 3.58. The minimum Gasteiger partial charge on any atom is -0.396 e. The largest absolute Gasteiger partial charge is 0.396 e. The van der Waals surface area contributed by atoms with Gasteiger partial charge in [-0.2, -0.15) is 0 Å². The van der Waals surface area contributed by atoms with Crippen LogP contribution in [0.5, 0.6) is 0 Å². The van der Waals surface area contributed by atoms with Gasteiger partial charge < -0.3 is 10.4 Å². The van der Waals surface area contributed by atoms with Gasteiger partial charge in [0.25, 0.3) is 0 Å². The summed E-state index contributed by atoms with van der Waals surface area (Å²) in [6.07, 6.45) is 2.47. The Morgan fingerprint density at radius 1 is 1.32 bits per heavy atom. The Morgan fingerprint density at radius 3 is 2.63 bits per heavy atom. The van der Waals surface area contributed by atoms with Crippen molar-refractivity contribution in [1.82, 2.24) is 5.32 Å². The molecule has 5 heteroatoms. The van der Waals surface area contributed by atoms with Crippen molar-refractivity contribution < 1.29 is 18.7 Å². The highest BCUT2D eigenvalue weighted by atomic mass is 19.2. The van der Waals surface area contributed by atoms with Crippen LogP contribution in [0.4, 0.5) is 8.78 Å². The number of rotatable bonds is 6. The molecule has 19 heavy (non-hydrogen) atoms. The van der Waals surface area contributed by atoms with E-state index in [0.29, 0.717) is 18.5 Å². The van der Waals surface area contributed by atoms with Gasteiger partial charge in [0, 0.05) is 18.4 Å². The second-order valence-corrected chi connectivity index (χ2v) is 5.18. The summed E-state index contributed by atoms with van der Waals surface area (Å²) in [7, 11) is 0. The maximum absolute atomic E-state index is 13.0. The number of aryl methyl sites for hydroxylation is 1. The maximum Gasteiger partial charge on any atom is 0.220 e. The van der Waals surface area contributed by atoms with Gasteiger partial charge in [-0.25, -0.2) is 8.78 Å². The SMILES string of the molecule is O=C(CCc1ccc(F)c(F)c1)NCC1(CO)CC1. The molecule has 0 saturated heterocycles. The average molecular weight is 269 g/mol. The molecular weight excluding hydrogens is 252 g/mol. The molecule has 1 amide bonds. The molecule has 1 aliphatic carbocycles. The van der Waals surface area contributed by atoms with E-state index in [0.717, 1.165) is 25.0 Å². The van der Waals surface area contributed by atoms with Gasteiger partial charge in [-0.1, -0.05) is 6.07 Å². The molecule has 0 radical (unpaired) electrons. The summed E-state index contributed by atoms with van der Waals surface area (Å²) in [6.45, 7) is 0.580. The van der Waals surface area contributed by atoms with Crippen LogP contribution in [-0.2, 0) is 11.2 Å². The first-order valence-electron chi connectivity index (χ1n) is 6.36. The van der Waals surface area contributed by atoms with Crippen LogP contribution in [0.25, 0.3) is 0 Å². The molecule has 2 rings (SSSR count). The van der Waals surface area contributed by atoms with Crippen molar-refractivity contribution in [3.05, 3.63) is 35.4 Å². The molecule has 1 aromatic rings. The van der Waals surface area contributed by atoms with Crippen molar-refractivity contribution in [1.29, 1.82) is 0 Å². The zero-order valence-corrected chi connectivity index (χ0v) is 10.6. The van der Waals surface area contributed by atoms with E-state index in [4.69, 9.17) is 5.11 Å². The monoisotopic (exact) mass is 269 g/mol. The van der Waals surface area contributed by atoms with Crippen LogP contribution in [0, 0.1) is 17.0 Å². The van der Waals surface area contributed by atoms with Crippen LogP contribution in [0.1, 0.15) is 24.8 Å². The van der Waals surface area contributed by atoms with Crippen molar-refractivity contribution in [2.24, 2.45) is 5.41 Å². The summed E-state index contributed by atoms with van der Waals surface area (Å²) in [5.74, 6) is -1.91. The van der Waals surface area contributed by atoms with Gasteiger partial charge >= 0.3 is 0 Å². The Bertz CT molecular complexity index is 473. The van der Waals surface area contributed by atoms with Crippen molar-refractivity contribution in [2.45, 2.75) is 25.7 Å². The lowest BCUT2D eigenvalue weighted by molar-refractivity contribution is -0.121. The van der Waals surface area contributed by atoms with Gasteiger partial charge in [0.1, 0.15) is 0 Å². The van der Waals surface area contributed by atoms with E-state index < -0.39 is 11.6 Å². The summed E-state index contributed by atoms with van der Waals surface area (Å²) >= 11 is 0. The Labute approximate surface area is 110 Å². The first-order chi connectivity index (χ1) is 9.04. The summed E-state index contributed by atoms with van der Waals surface area (Å²) < 4.78 is 25.7. The highest BCUT2D eigenvalue weighted by Gasteiger charge is 2.41. The van der Waals surface area contributed by atoms with Crippen molar-refractivity contribution in [2.75, 3.05) is 13.2 Å². The van der Waals surface area contributed by atoms with E-state index in [9.17, 15) is 13.6 Å². The molecule has 1 aromatic carbocycles. The number of hydrogen-bond acceptors (Lipinski definition) is 2. The molecule has 0 heterocycles. The van der Waals surface area contributed by atoms with Crippen LogP contribution in [0.3, 0.4) is 0 Å². The Kier molecular flexibility index (Phi) is 4.14. The highest BCUT2D eigenvalue weighted by molar-refractivity contribution is 5.76. The molecule has 1 fully saturated rings. The van der Waals surface area contributed by atoms with Gasteiger partial charge in [0.15, 0.2) is 11.6 Å². The van der Waals surface area contributed by atoms with Crippen molar-refractivity contribution in [3.63, 3.8) is 0 Å². The molecule has 1 saturated carbocycles. The second kappa shape index (κ2) is 5.65. The zero-order chi connectivity index (χ0) is 13.9. The number of carbonyl (C=O) groups excluding carboxylic acids is 1. The number of amides is 1. The smallest absolute Gasteiger partial charge is 0.220 e. The fourth-order valence-electron chi connectivity index (χ4n) is 1.90. The maximum atomic E-state index is 13.0. The summed E-state index contributed by atoms with van der Waals surface area (Å²) in [6, 6.07) is 3.65. The molecule has 0 unspecified atom stereocenters. The lowest BCUT2D eigenvalue weighted by Gasteiger charge is -2.12. The molecule has 0 bridgehead atoms. The lowest BCUT2D eigenvalue weighted by atomic mass is 10.1. The van der Waals surface area contributed by atoms with E-state index in [1.54, 1.807) is 0 Å². The number of aliphatic hydroxyl groups excluding tert-OH is 1. The normalized spacial score (nSPS) is 16.2. The van der Waals surface area contributed by atoms with Gasteiger partial charge in [-0.05, 0) is 37.0 Å². The van der Waals surface area contributed by atoms with E-state index in [-0.39, 0.29) is 24.3 Å². The Balaban J connectivity index is 1.75. The second-order valence-electron chi connectivity index (χ2n) is 5.18. The molecule has 3 nitrogen and oxygen atoms in total. The molecule has 104 valence electrons. The van der Waals surface area contributed by atoms with E-state index in [1.807, 2.05) is 0 Å². The third kappa shape index (κ3) is 3.73. The number of nitrogens with one attached hydrogen (secondary N) is 1. The van der Waals surface area contributed by atoms with E-state index in [2.05, 4.69) is 5.32 Å². The van der Waals surface area contributed by atoms with Gasteiger partial charge in [-0.3, -0.25) is 4.79 Å². The quantitative estimate of drug-likeness (QED) is 0.827. The van der Waals surface area contributed by atoms with Crippen LogP contribution in [0.15, 0.2) is 18.2 Å². The van der Waals surface area contributed by atoms with Crippen molar-refractivity contribution in [3.8, 4) is 0 Å². The topological polar surface area (TPSA) is 49.3 Å². The predicted molar refractivity (Wildman–Crippen MR) is 66.4 cm³/mol. The lowest BCUT2D eigenvalue weighted by Crippen LogP contribution is -2.31.